The van der Waals surface area contributed by atoms with E-state index in [4.69, 9.17) is 0 Å². The van der Waals surface area contributed by atoms with Crippen LogP contribution in [0, 0.1) is 0 Å². The molecule has 4 nitrogen and oxygen atoms in total. The van der Waals surface area contributed by atoms with Gasteiger partial charge in [0.15, 0.2) is 0 Å². The largest absolute Gasteiger partial charge is 0.394 e. The monoisotopic (exact) mass is 277 g/mol. The van der Waals surface area contributed by atoms with Crippen molar-refractivity contribution in [2.24, 2.45) is 0 Å². The summed E-state index contributed by atoms with van der Waals surface area (Å²) in [5.74, 6) is 0. The van der Waals surface area contributed by atoms with Crippen molar-refractivity contribution in [1.29, 1.82) is 0 Å². The van der Waals surface area contributed by atoms with E-state index in [0.717, 1.165) is 28.5 Å². The van der Waals surface area contributed by atoms with E-state index in [1.54, 1.807) is 17.5 Å². The molecule has 0 saturated heterocycles. The first-order valence-corrected chi connectivity index (χ1v) is 7.20. The maximum absolute atomic E-state index is 9.36. The zero-order valence-corrected chi connectivity index (χ0v) is 12.1. The molecule has 0 aliphatic heterocycles. The number of thiazole rings is 1. The average Bonchev–Trinajstić information content (AvgIpc) is 2.95. The molecule has 0 bridgehead atoms. The Balaban J connectivity index is 2.02. The van der Waals surface area contributed by atoms with Crippen LogP contribution < -0.4 is 5.32 Å². The molecule has 1 unspecified atom stereocenters. The molecular formula is C14H19N3OS. The van der Waals surface area contributed by atoms with E-state index in [1.807, 2.05) is 31.3 Å². The maximum atomic E-state index is 9.36. The minimum atomic E-state index is -0.227. The molecule has 1 atom stereocenters. The van der Waals surface area contributed by atoms with Gasteiger partial charge in [-0.05, 0) is 25.5 Å². The van der Waals surface area contributed by atoms with E-state index in [0.29, 0.717) is 0 Å². The SMILES string of the molecule is CCC(C)(CO)NCc1cnc(-c2ccccn2)s1. The molecule has 0 aliphatic carbocycles. The zero-order chi connectivity index (χ0) is 13.7. The lowest BCUT2D eigenvalue weighted by Gasteiger charge is -2.26. The van der Waals surface area contributed by atoms with Crippen LogP contribution in [-0.4, -0.2) is 27.2 Å². The number of nitrogens with one attached hydrogen (secondary N) is 1. The lowest BCUT2D eigenvalue weighted by Crippen LogP contribution is -2.44. The Morgan fingerprint density at radius 2 is 2.21 bits per heavy atom. The Labute approximate surface area is 117 Å². The second-order valence-electron chi connectivity index (χ2n) is 4.77. The van der Waals surface area contributed by atoms with E-state index in [-0.39, 0.29) is 12.1 Å². The topological polar surface area (TPSA) is 58.0 Å². The van der Waals surface area contributed by atoms with Crippen molar-refractivity contribution in [3.05, 3.63) is 35.5 Å². The molecule has 102 valence electrons. The molecule has 0 amide bonds. The van der Waals surface area contributed by atoms with Crippen LogP contribution in [0.3, 0.4) is 0 Å². The number of nitrogens with zero attached hydrogens (tertiary/aromatic N) is 2. The molecule has 2 aromatic heterocycles. The molecule has 2 rings (SSSR count). The Hall–Kier alpha value is -1.30. The van der Waals surface area contributed by atoms with Crippen molar-refractivity contribution >= 4 is 11.3 Å². The maximum Gasteiger partial charge on any atom is 0.142 e. The van der Waals surface area contributed by atoms with Gasteiger partial charge in [0.25, 0.3) is 0 Å². The Kier molecular flexibility index (Phi) is 4.63. The summed E-state index contributed by atoms with van der Waals surface area (Å²) in [6.45, 7) is 4.94. The Bertz CT molecular complexity index is 508. The number of rotatable bonds is 6. The van der Waals surface area contributed by atoms with Gasteiger partial charge in [0.2, 0.25) is 0 Å². The van der Waals surface area contributed by atoms with Crippen molar-refractivity contribution < 1.29 is 5.11 Å². The van der Waals surface area contributed by atoms with Gasteiger partial charge in [0.05, 0.1) is 12.3 Å². The van der Waals surface area contributed by atoms with Gasteiger partial charge in [0.1, 0.15) is 5.01 Å². The predicted octanol–water partition coefficient (Wildman–Crippen LogP) is 2.46. The number of aliphatic hydroxyl groups is 1. The van der Waals surface area contributed by atoms with Crippen LogP contribution in [0.25, 0.3) is 10.7 Å². The fourth-order valence-corrected chi connectivity index (χ4v) is 2.42. The summed E-state index contributed by atoms with van der Waals surface area (Å²) in [5, 5.41) is 13.7. The van der Waals surface area contributed by atoms with Gasteiger partial charge in [-0.2, -0.15) is 0 Å². The predicted molar refractivity (Wildman–Crippen MR) is 78.0 cm³/mol. The van der Waals surface area contributed by atoms with Gasteiger partial charge >= 0.3 is 0 Å². The quantitative estimate of drug-likeness (QED) is 0.851. The third-order valence-corrected chi connectivity index (χ3v) is 4.28. The standard InChI is InChI=1S/C14H19N3OS/c1-3-14(2,10-18)17-9-11-8-16-13(19-11)12-6-4-5-7-15-12/h4-8,17-18H,3,9-10H2,1-2H3. The lowest BCUT2D eigenvalue weighted by molar-refractivity contribution is 0.169. The van der Waals surface area contributed by atoms with Crippen LogP contribution in [0.5, 0.6) is 0 Å². The molecule has 2 aromatic rings. The highest BCUT2D eigenvalue weighted by molar-refractivity contribution is 7.14. The van der Waals surface area contributed by atoms with Gasteiger partial charge in [-0.3, -0.25) is 4.98 Å². The van der Waals surface area contributed by atoms with Crippen LogP contribution in [0.4, 0.5) is 0 Å². The molecule has 0 saturated carbocycles. The third-order valence-electron chi connectivity index (χ3n) is 3.26. The van der Waals surface area contributed by atoms with E-state index >= 15 is 0 Å². The number of pyridine rings is 1. The normalized spacial score (nSPS) is 14.3. The van der Waals surface area contributed by atoms with Crippen molar-refractivity contribution in [3.8, 4) is 10.7 Å². The molecule has 0 spiro atoms. The van der Waals surface area contributed by atoms with Crippen LogP contribution >= 0.6 is 11.3 Å². The second-order valence-corrected chi connectivity index (χ2v) is 5.89. The van der Waals surface area contributed by atoms with Crippen LogP contribution in [0.15, 0.2) is 30.6 Å². The number of hydrogen-bond acceptors (Lipinski definition) is 5. The van der Waals surface area contributed by atoms with E-state index in [2.05, 4.69) is 22.2 Å². The number of aromatic nitrogens is 2. The summed E-state index contributed by atoms with van der Waals surface area (Å²) in [4.78, 5) is 9.83. The summed E-state index contributed by atoms with van der Waals surface area (Å²) in [6, 6.07) is 5.81. The van der Waals surface area contributed by atoms with Crippen LogP contribution in [0.2, 0.25) is 0 Å². The molecule has 2 N–H and O–H groups in total. The smallest absolute Gasteiger partial charge is 0.142 e. The first-order chi connectivity index (χ1) is 9.17. The molecule has 2 heterocycles. The van der Waals surface area contributed by atoms with E-state index in [1.165, 1.54) is 0 Å². The van der Waals surface area contributed by atoms with Gasteiger partial charge in [-0.15, -0.1) is 11.3 Å². The molecule has 0 fully saturated rings. The summed E-state index contributed by atoms with van der Waals surface area (Å²) >= 11 is 1.63. The highest BCUT2D eigenvalue weighted by Crippen LogP contribution is 2.23. The minimum Gasteiger partial charge on any atom is -0.394 e. The molecule has 0 radical (unpaired) electrons. The van der Waals surface area contributed by atoms with Gasteiger partial charge < -0.3 is 10.4 Å². The lowest BCUT2D eigenvalue weighted by atomic mass is 10.0. The minimum absolute atomic E-state index is 0.134. The number of hydrogen-bond donors (Lipinski definition) is 2. The van der Waals surface area contributed by atoms with Crippen molar-refractivity contribution in [2.75, 3.05) is 6.61 Å². The van der Waals surface area contributed by atoms with Gasteiger partial charge in [-0.1, -0.05) is 13.0 Å². The zero-order valence-electron chi connectivity index (χ0n) is 11.3. The second kappa shape index (κ2) is 6.23. The first kappa shape index (κ1) is 14.1. The summed E-state index contributed by atoms with van der Waals surface area (Å²) in [7, 11) is 0. The molecule has 5 heteroatoms. The van der Waals surface area contributed by atoms with Crippen molar-refractivity contribution in [2.45, 2.75) is 32.4 Å². The summed E-state index contributed by atoms with van der Waals surface area (Å²) in [6.07, 6.45) is 4.53. The van der Waals surface area contributed by atoms with Crippen LogP contribution in [0.1, 0.15) is 25.1 Å². The molecule has 19 heavy (non-hydrogen) atoms. The summed E-state index contributed by atoms with van der Waals surface area (Å²) < 4.78 is 0. The number of aliphatic hydroxyl groups excluding tert-OH is 1. The van der Waals surface area contributed by atoms with Crippen LogP contribution in [-0.2, 0) is 6.54 Å². The van der Waals surface area contributed by atoms with E-state index in [9.17, 15) is 5.11 Å². The molecule has 0 aromatic carbocycles. The summed E-state index contributed by atoms with van der Waals surface area (Å²) in [5.41, 5.74) is 0.675. The molecule has 0 aliphatic rings. The fourth-order valence-electron chi connectivity index (χ4n) is 1.59. The fraction of sp³-hybridized carbons (Fsp3) is 0.429. The molecular weight excluding hydrogens is 258 g/mol. The third kappa shape index (κ3) is 3.59. The average molecular weight is 277 g/mol. The Morgan fingerprint density at radius 3 is 2.84 bits per heavy atom. The van der Waals surface area contributed by atoms with Crippen molar-refractivity contribution in [1.82, 2.24) is 15.3 Å². The highest BCUT2D eigenvalue weighted by Gasteiger charge is 2.20. The Morgan fingerprint density at radius 1 is 1.37 bits per heavy atom. The van der Waals surface area contributed by atoms with E-state index < -0.39 is 0 Å². The van der Waals surface area contributed by atoms with Gasteiger partial charge in [0, 0.05) is 29.4 Å². The first-order valence-electron chi connectivity index (χ1n) is 6.39. The highest BCUT2D eigenvalue weighted by atomic mass is 32.1. The van der Waals surface area contributed by atoms with Gasteiger partial charge in [-0.25, -0.2) is 4.98 Å². The van der Waals surface area contributed by atoms with Crippen molar-refractivity contribution in [3.63, 3.8) is 0 Å².